The molecule has 1 aromatic rings. The number of nitrogens with two attached hydrogens (primary N) is 1. The van der Waals surface area contributed by atoms with Gasteiger partial charge in [-0.25, -0.2) is 4.39 Å². The number of hydrogen-bond donors (Lipinski definition) is 1. The smallest absolute Gasteiger partial charge is 0.124 e. The van der Waals surface area contributed by atoms with Gasteiger partial charge in [0, 0.05) is 26.3 Å². The lowest BCUT2D eigenvalue weighted by atomic mass is 10.2. The molecule has 0 fully saturated rings. The van der Waals surface area contributed by atoms with Crippen LogP contribution in [0.4, 0.5) is 4.39 Å². The third kappa shape index (κ3) is 3.96. The van der Waals surface area contributed by atoms with E-state index in [4.69, 9.17) is 5.73 Å². The summed E-state index contributed by atoms with van der Waals surface area (Å²) in [5.74, 6) is 0.138. The SMILES string of the molecule is CC(CCN)S(=O)Cc1ccc(F)cc1Br. The standard InChI is InChI=1S/C11H15BrFNOS/c1-8(4-5-14)16(15)7-9-2-3-10(13)6-11(9)12/h2-3,6,8H,4-5,7,14H2,1H3. The largest absolute Gasteiger partial charge is 0.330 e. The van der Waals surface area contributed by atoms with E-state index in [0.717, 1.165) is 12.0 Å². The highest BCUT2D eigenvalue weighted by Crippen LogP contribution is 2.20. The molecule has 2 atom stereocenters. The van der Waals surface area contributed by atoms with Gasteiger partial charge in [0.1, 0.15) is 5.82 Å². The van der Waals surface area contributed by atoms with E-state index < -0.39 is 10.8 Å². The van der Waals surface area contributed by atoms with E-state index in [9.17, 15) is 8.60 Å². The average molecular weight is 308 g/mol. The topological polar surface area (TPSA) is 43.1 Å². The number of halogens is 2. The zero-order valence-electron chi connectivity index (χ0n) is 9.08. The molecule has 0 heterocycles. The zero-order valence-corrected chi connectivity index (χ0v) is 11.5. The van der Waals surface area contributed by atoms with Crippen LogP contribution in [-0.4, -0.2) is 16.0 Å². The molecule has 16 heavy (non-hydrogen) atoms. The molecule has 0 aliphatic heterocycles. The van der Waals surface area contributed by atoms with Crippen molar-refractivity contribution in [3.8, 4) is 0 Å². The molecule has 2 unspecified atom stereocenters. The first-order valence-electron chi connectivity index (χ1n) is 5.05. The Morgan fingerprint density at radius 3 is 2.81 bits per heavy atom. The quantitative estimate of drug-likeness (QED) is 0.908. The molecule has 1 aromatic carbocycles. The van der Waals surface area contributed by atoms with E-state index in [1.165, 1.54) is 12.1 Å². The highest BCUT2D eigenvalue weighted by Gasteiger charge is 2.12. The van der Waals surface area contributed by atoms with E-state index in [1.54, 1.807) is 6.07 Å². The molecule has 90 valence electrons. The van der Waals surface area contributed by atoms with Crippen molar-refractivity contribution in [2.45, 2.75) is 24.3 Å². The van der Waals surface area contributed by atoms with Gasteiger partial charge in [-0.2, -0.15) is 0 Å². The van der Waals surface area contributed by atoms with Crippen LogP contribution in [0.3, 0.4) is 0 Å². The van der Waals surface area contributed by atoms with Gasteiger partial charge >= 0.3 is 0 Å². The molecule has 0 saturated carbocycles. The molecule has 0 spiro atoms. The Kier molecular flexibility index (Phi) is 5.58. The molecule has 0 saturated heterocycles. The average Bonchev–Trinajstić information content (AvgIpc) is 2.22. The normalized spacial score (nSPS) is 14.8. The summed E-state index contributed by atoms with van der Waals surface area (Å²) in [4.78, 5) is 0. The first-order valence-corrected chi connectivity index (χ1v) is 7.23. The van der Waals surface area contributed by atoms with Crippen molar-refractivity contribution in [2.75, 3.05) is 6.54 Å². The van der Waals surface area contributed by atoms with E-state index in [-0.39, 0.29) is 11.1 Å². The predicted octanol–water partition coefficient (Wildman–Crippen LogP) is 2.57. The van der Waals surface area contributed by atoms with Crippen LogP contribution in [0.1, 0.15) is 18.9 Å². The Hall–Kier alpha value is -0.260. The van der Waals surface area contributed by atoms with Crippen LogP contribution in [0.25, 0.3) is 0 Å². The summed E-state index contributed by atoms with van der Waals surface area (Å²) in [5, 5.41) is 0.0713. The first-order chi connectivity index (χ1) is 7.54. The summed E-state index contributed by atoms with van der Waals surface area (Å²) in [6, 6.07) is 4.43. The highest BCUT2D eigenvalue weighted by molar-refractivity contribution is 9.10. The van der Waals surface area contributed by atoms with Gasteiger partial charge in [0.05, 0.1) is 0 Å². The van der Waals surface area contributed by atoms with E-state index >= 15 is 0 Å². The van der Waals surface area contributed by atoms with Gasteiger partial charge in [-0.15, -0.1) is 0 Å². The molecule has 0 amide bonds. The maximum absolute atomic E-state index is 12.8. The maximum atomic E-state index is 12.8. The lowest BCUT2D eigenvalue weighted by Crippen LogP contribution is -2.17. The molecule has 2 N–H and O–H groups in total. The van der Waals surface area contributed by atoms with E-state index in [2.05, 4.69) is 15.9 Å². The fourth-order valence-corrected chi connectivity index (χ4v) is 3.22. The van der Waals surface area contributed by atoms with Crippen LogP contribution in [0.15, 0.2) is 22.7 Å². The van der Waals surface area contributed by atoms with Gasteiger partial charge in [0.15, 0.2) is 0 Å². The lowest BCUT2D eigenvalue weighted by Gasteiger charge is -2.11. The van der Waals surface area contributed by atoms with Gasteiger partial charge in [-0.1, -0.05) is 28.9 Å². The van der Waals surface area contributed by atoms with Crippen LogP contribution in [0.2, 0.25) is 0 Å². The van der Waals surface area contributed by atoms with Crippen molar-refractivity contribution >= 4 is 26.7 Å². The molecule has 1 rings (SSSR count). The second-order valence-corrected chi connectivity index (χ2v) is 6.36. The molecular formula is C11H15BrFNOS. The van der Waals surface area contributed by atoms with Gasteiger partial charge in [-0.3, -0.25) is 4.21 Å². The lowest BCUT2D eigenvalue weighted by molar-refractivity contribution is 0.626. The molecular weight excluding hydrogens is 293 g/mol. The molecule has 0 aliphatic carbocycles. The Balaban J connectivity index is 2.69. The second-order valence-electron chi connectivity index (χ2n) is 3.65. The Bertz CT molecular complexity index is 386. The maximum Gasteiger partial charge on any atom is 0.124 e. The number of benzene rings is 1. The van der Waals surface area contributed by atoms with Crippen molar-refractivity contribution < 1.29 is 8.60 Å². The summed E-state index contributed by atoms with van der Waals surface area (Å²) in [7, 11) is -0.965. The zero-order chi connectivity index (χ0) is 12.1. The number of rotatable bonds is 5. The third-order valence-corrected chi connectivity index (χ3v) is 4.80. The Morgan fingerprint density at radius 2 is 2.25 bits per heavy atom. The van der Waals surface area contributed by atoms with Crippen molar-refractivity contribution in [3.63, 3.8) is 0 Å². The summed E-state index contributed by atoms with van der Waals surface area (Å²) in [6.45, 7) is 2.46. The van der Waals surface area contributed by atoms with Gasteiger partial charge < -0.3 is 5.73 Å². The summed E-state index contributed by atoms with van der Waals surface area (Å²) < 4.78 is 25.4. The minimum absolute atomic E-state index is 0.0713. The second kappa shape index (κ2) is 6.47. The van der Waals surface area contributed by atoms with Crippen molar-refractivity contribution in [2.24, 2.45) is 5.73 Å². The van der Waals surface area contributed by atoms with E-state index in [1.807, 2.05) is 6.92 Å². The summed E-state index contributed by atoms with van der Waals surface area (Å²) in [5.41, 5.74) is 6.28. The van der Waals surface area contributed by atoms with Crippen LogP contribution in [0, 0.1) is 5.82 Å². The van der Waals surface area contributed by atoms with Crippen LogP contribution in [0.5, 0.6) is 0 Å². The first kappa shape index (κ1) is 13.8. The van der Waals surface area contributed by atoms with Crippen molar-refractivity contribution in [1.29, 1.82) is 0 Å². The van der Waals surface area contributed by atoms with Gasteiger partial charge in [0.2, 0.25) is 0 Å². The van der Waals surface area contributed by atoms with Crippen molar-refractivity contribution in [1.82, 2.24) is 0 Å². The summed E-state index contributed by atoms with van der Waals surface area (Å²) in [6.07, 6.45) is 0.741. The van der Waals surface area contributed by atoms with Crippen LogP contribution < -0.4 is 5.73 Å². The molecule has 5 heteroatoms. The summed E-state index contributed by atoms with van der Waals surface area (Å²) >= 11 is 3.26. The van der Waals surface area contributed by atoms with Crippen LogP contribution in [-0.2, 0) is 16.6 Å². The highest BCUT2D eigenvalue weighted by atomic mass is 79.9. The van der Waals surface area contributed by atoms with Gasteiger partial charge in [0.25, 0.3) is 0 Å². The fraction of sp³-hybridized carbons (Fsp3) is 0.455. The predicted molar refractivity (Wildman–Crippen MR) is 69.1 cm³/mol. The van der Waals surface area contributed by atoms with E-state index in [0.29, 0.717) is 16.8 Å². The molecule has 0 aliphatic rings. The number of hydrogen-bond acceptors (Lipinski definition) is 2. The van der Waals surface area contributed by atoms with Crippen LogP contribution >= 0.6 is 15.9 Å². The van der Waals surface area contributed by atoms with Crippen molar-refractivity contribution in [3.05, 3.63) is 34.1 Å². The molecule has 0 bridgehead atoms. The Morgan fingerprint density at radius 1 is 1.56 bits per heavy atom. The minimum Gasteiger partial charge on any atom is -0.330 e. The molecule has 0 aromatic heterocycles. The third-order valence-electron chi connectivity index (χ3n) is 2.33. The fourth-order valence-electron chi connectivity index (χ4n) is 1.30. The molecule has 0 radical (unpaired) electrons. The van der Waals surface area contributed by atoms with Gasteiger partial charge in [-0.05, 0) is 30.7 Å². The minimum atomic E-state index is -0.965. The monoisotopic (exact) mass is 307 g/mol. The Labute approximate surface area is 106 Å². The molecule has 2 nitrogen and oxygen atoms in total.